The predicted molar refractivity (Wildman–Crippen MR) is 118 cm³/mol. The van der Waals surface area contributed by atoms with Crippen LogP contribution in [0.2, 0.25) is 0 Å². The number of benzene rings is 3. The molecule has 4 rings (SSSR count). The molecule has 31 heavy (non-hydrogen) atoms. The van der Waals surface area contributed by atoms with E-state index < -0.39 is 0 Å². The van der Waals surface area contributed by atoms with Crippen LogP contribution in [-0.4, -0.2) is 25.9 Å². The molecule has 0 aliphatic carbocycles. The Labute approximate surface area is 179 Å². The molecule has 0 atom stereocenters. The maximum atomic E-state index is 12.9. The maximum absolute atomic E-state index is 12.9. The molecule has 0 saturated carbocycles. The fourth-order valence-electron chi connectivity index (χ4n) is 3.42. The quantitative estimate of drug-likeness (QED) is 0.436. The number of rotatable bonds is 6. The number of nitrogens with one attached hydrogen (secondary N) is 1. The van der Waals surface area contributed by atoms with Crippen LogP contribution in [0, 0.1) is 6.92 Å². The van der Waals surface area contributed by atoms with E-state index in [4.69, 9.17) is 13.9 Å². The number of ketones is 1. The molecule has 0 spiro atoms. The Kier molecular flexibility index (Phi) is 5.45. The Morgan fingerprint density at radius 3 is 2.35 bits per heavy atom. The maximum Gasteiger partial charge on any atom is 0.259 e. The highest BCUT2D eigenvalue weighted by atomic mass is 16.5. The summed E-state index contributed by atoms with van der Waals surface area (Å²) in [5.74, 6) is 0.943. The van der Waals surface area contributed by atoms with E-state index in [9.17, 15) is 9.59 Å². The molecule has 0 aliphatic heterocycles. The topological polar surface area (TPSA) is 77.8 Å². The van der Waals surface area contributed by atoms with E-state index >= 15 is 0 Å². The van der Waals surface area contributed by atoms with Gasteiger partial charge in [-0.1, -0.05) is 12.1 Å². The molecule has 0 aliphatic rings. The second kappa shape index (κ2) is 8.36. The molecule has 0 bridgehead atoms. The van der Waals surface area contributed by atoms with Crippen molar-refractivity contribution < 1.29 is 23.5 Å². The Hall–Kier alpha value is -4.06. The molecule has 1 aromatic heterocycles. The van der Waals surface area contributed by atoms with Crippen molar-refractivity contribution in [2.75, 3.05) is 19.5 Å². The standard InChI is InChI=1S/C25H21NO5/c1-15-20-14-17(26-25(28)19-6-4-5-7-21(19)30-3)10-13-22(20)31-24(15)23(27)16-8-11-18(29-2)12-9-16/h4-14H,1-3H3,(H,26,28). The van der Waals surface area contributed by atoms with Crippen molar-refractivity contribution in [2.45, 2.75) is 6.92 Å². The summed E-state index contributed by atoms with van der Waals surface area (Å²) in [6, 6.07) is 19.1. The molecule has 0 fully saturated rings. The lowest BCUT2D eigenvalue weighted by Gasteiger charge is -2.09. The highest BCUT2D eigenvalue weighted by Crippen LogP contribution is 2.30. The van der Waals surface area contributed by atoms with Gasteiger partial charge < -0.3 is 19.2 Å². The van der Waals surface area contributed by atoms with E-state index in [2.05, 4.69) is 5.32 Å². The minimum Gasteiger partial charge on any atom is -0.497 e. The van der Waals surface area contributed by atoms with Crippen molar-refractivity contribution in [3.05, 3.63) is 89.2 Å². The number of amides is 1. The van der Waals surface area contributed by atoms with Crippen LogP contribution < -0.4 is 14.8 Å². The Morgan fingerprint density at radius 1 is 0.903 bits per heavy atom. The highest BCUT2D eigenvalue weighted by Gasteiger charge is 2.20. The normalized spacial score (nSPS) is 10.7. The third-order valence-electron chi connectivity index (χ3n) is 5.10. The van der Waals surface area contributed by atoms with E-state index in [1.807, 2.05) is 6.92 Å². The summed E-state index contributed by atoms with van der Waals surface area (Å²) in [5, 5.41) is 3.63. The molecular formula is C25H21NO5. The highest BCUT2D eigenvalue weighted by molar-refractivity contribution is 6.11. The molecule has 0 radical (unpaired) electrons. The van der Waals surface area contributed by atoms with Gasteiger partial charge in [0.2, 0.25) is 5.78 Å². The fraction of sp³-hybridized carbons (Fsp3) is 0.120. The summed E-state index contributed by atoms with van der Waals surface area (Å²) in [6.45, 7) is 1.83. The number of anilines is 1. The molecule has 1 amide bonds. The largest absolute Gasteiger partial charge is 0.497 e. The van der Waals surface area contributed by atoms with Crippen LogP contribution in [0.3, 0.4) is 0 Å². The number of aryl methyl sites for hydroxylation is 1. The summed E-state index contributed by atoms with van der Waals surface area (Å²) in [5.41, 5.74) is 2.82. The molecule has 4 aromatic rings. The van der Waals surface area contributed by atoms with Gasteiger partial charge in [-0.25, -0.2) is 0 Å². The van der Waals surface area contributed by atoms with Crippen molar-refractivity contribution in [3.63, 3.8) is 0 Å². The summed E-state index contributed by atoms with van der Waals surface area (Å²) in [6.07, 6.45) is 0. The van der Waals surface area contributed by atoms with Crippen molar-refractivity contribution in [2.24, 2.45) is 0 Å². The molecule has 0 unspecified atom stereocenters. The van der Waals surface area contributed by atoms with Gasteiger partial charge in [-0.05, 0) is 61.5 Å². The minimum absolute atomic E-state index is 0.212. The van der Waals surface area contributed by atoms with Gasteiger partial charge in [0.25, 0.3) is 5.91 Å². The number of methoxy groups -OCH3 is 2. The number of furan rings is 1. The number of fused-ring (bicyclic) bond motifs is 1. The predicted octanol–water partition coefficient (Wildman–Crippen LogP) is 5.24. The monoisotopic (exact) mass is 415 g/mol. The summed E-state index contributed by atoms with van der Waals surface area (Å²) in [7, 11) is 3.10. The second-order valence-corrected chi connectivity index (χ2v) is 6.98. The molecule has 156 valence electrons. The number of para-hydroxylation sites is 1. The van der Waals surface area contributed by atoms with E-state index in [0.29, 0.717) is 39.5 Å². The van der Waals surface area contributed by atoms with Crippen molar-refractivity contribution in [1.29, 1.82) is 0 Å². The summed E-state index contributed by atoms with van der Waals surface area (Å²) >= 11 is 0. The molecule has 6 nitrogen and oxygen atoms in total. The van der Waals surface area contributed by atoms with Gasteiger partial charge in [0.1, 0.15) is 17.1 Å². The van der Waals surface area contributed by atoms with Crippen molar-refractivity contribution in [1.82, 2.24) is 0 Å². The number of hydrogen-bond acceptors (Lipinski definition) is 5. The SMILES string of the molecule is COc1ccc(C(=O)c2oc3ccc(NC(=O)c4ccccc4OC)cc3c2C)cc1. The Balaban J connectivity index is 1.63. The molecule has 1 heterocycles. The molecule has 3 aromatic carbocycles. The van der Waals surface area contributed by atoms with Gasteiger partial charge in [0.05, 0.1) is 19.8 Å². The zero-order chi connectivity index (χ0) is 22.0. The van der Waals surface area contributed by atoms with E-state index in [0.717, 1.165) is 5.39 Å². The first-order chi connectivity index (χ1) is 15.0. The van der Waals surface area contributed by atoms with Crippen LogP contribution >= 0.6 is 0 Å². The number of hydrogen-bond donors (Lipinski definition) is 1. The van der Waals surface area contributed by atoms with Crippen LogP contribution in [0.15, 0.2) is 71.1 Å². The van der Waals surface area contributed by atoms with E-state index in [-0.39, 0.29) is 17.5 Å². The van der Waals surface area contributed by atoms with Crippen LogP contribution in [-0.2, 0) is 0 Å². The van der Waals surface area contributed by atoms with Crippen LogP contribution in [0.1, 0.15) is 32.0 Å². The number of carbonyl (C=O) groups excluding carboxylic acids is 2. The van der Waals surface area contributed by atoms with Crippen LogP contribution in [0.4, 0.5) is 5.69 Å². The fourth-order valence-corrected chi connectivity index (χ4v) is 3.42. The van der Waals surface area contributed by atoms with Crippen molar-refractivity contribution >= 4 is 28.3 Å². The third-order valence-corrected chi connectivity index (χ3v) is 5.10. The lowest BCUT2D eigenvalue weighted by Crippen LogP contribution is -2.13. The summed E-state index contributed by atoms with van der Waals surface area (Å²) in [4.78, 5) is 25.6. The van der Waals surface area contributed by atoms with Gasteiger partial charge in [-0.15, -0.1) is 0 Å². The minimum atomic E-state index is -0.285. The zero-order valence-corrected chi connectivity index (χ0v) is 17.4. The van der Waals surface area contributed by atoms with Gasteiger partial charge in [0, 0.05) is 22.2 Å². The van der Waals surface area contributed by atoms with Crippen LogP contribution in [0.25, 0.3) is 11.0 Å². The molecule has 1 N–H and O–H groups in total. The number of ether oxygens (including phenoxy) is 2. The lowest BCUT2D eigenvalue weighted by molar-refractivity contribution is 0.101. The molecule has 0 saturated heterocycles. The average Bonchev–Trinajstić information content (AvgIpc) is 3.14. The van der Waals surface area contributed by atoms with E-state index in [1.165, 1.54) is 7.11 Å². The first kappa shape index (κ1) is 20.2. The average molecular weight is 415 g/mol. The lowest BCUT2D eigenvalue weighted by atomic mass is 10.0. The first-order valence-electron chi connectivity index (χ1n) is 9.68. The van der Waals surface area contributed by atoms with Gasteiger partial charge in [-0.2, -0.15) is 0 Å². The number of carbonyl (C=O) groups is 2. The van der Waals surface area contributed by atoms with Gasteiger partial charge in [0.15, 0.2) is 5.76 Å². The smallest absolute Gasteiger partial charge is 0.259 e. The Morgan fingerprint density at radius 2 is 1.65 bits per heavy atom. The van der Waals surface area contributed by atoms with E-state index in [1.54, 1.807) is 73.8 Å². The molecular weight excluding hydrogens is 394 g/mol. The second-order valence-electron chi connectivity index (χ2n) is 6.98. The summed E-state index contributed by atoms with van der Waals surface area (Å²) < 4.78 is 16.2. The van der Waals surface area contributed by atoms with Crippen molar-refractivity contribution in [3.8, 4) is 11.5 Å². The molecule has 6 heteroatoms. The van der Waals surface area contributed by atoms with Gasteiger partial charge in [-0.3, -0.25) is 9.59 Å². The first-order valence-corrected chi connectivity index (χ1v) is 9.68. The Bertz CT molecular complexity index is 1270. The van der Waals surface area contributed by atoms with Gasteiger partial charge >= 0.3 is 0 Å². The third kappa shape index (κ3) is 3.88. The van der Waals surface area contributed by atoms with Crippen LogP contribution in [0.5, 0.6) is 11.5 Å². The zero-order valence-electron chi connectivity index (χ0n) is 17.4.